The minimum Gasteiger partial charge on any atom is -0.359 e. The van der Waals surface area contributed by atoms with Gasteiger partial charge in [0.25, 0.3) is 5.91 Å². The third-order valence-corrected chi connectivity index (χ3v) is 4.45. The molecule has 0 spiro atoms. The monoisotopic (exact) mass is 299 g/mol. The zero-order valence-electron chi connectivity index (χ0n) is 12.3. The highest BCUT2D eigenvalue weighted by Crippen LogP contribution is 2.18. The van der Waals surface area contributed by atoms with Crippen molar-refractivity contribution in [3.63, 3.8) is 0 Å². The number of aromatic nitrogens is 2. The van der Waals surface area contributed by atoms with Gasteiger partial charge in [-0.2, -0.15) is 0 Å². The van der Waals surface area contributed by atoms with Gasteiger partial charge in [0.05, 0.1) is 10.7 Å². The molecule has 21 heavy (non-hydrogen) atoms. The van der Waals surface area contributed by atoms with Crippen LogP contribution in [0.5, 0.6) is 0 Å². The van der Waals surface area contributed by atoms with Gasteiger partial charge in [0.15, 0.2) is 0 Å². The maximum atomic E-state index is 12.2. The average Bonchev–Trinajstić information content (AvgIpc) is 2.96. The Morgan fingerprint density at radius 3 is 2.81 bits per heavy atom. The summed E-state index contributed by atoms with van der Waals surface area (Å²) in [7, 11) is 0. The summed E-state index contributed by atoms with van der Waals surface area (Å²) in [6, 6.07) is 8.29. The molecular weight excluding hydrogens is 282 g/mol. The van der Waals surface area contributed by atoms with E-state index >= 15 is 0 Å². The van der Waals surface area contributed by atoms with Crippen molar-refractivity contribution in [2.24, 2.45) is 0 Å². The average molecular weight is 299 g/mol. The Bertz CT molecular complexity index is 816. The third kappa shape index (κ3) is 2.83. The Kier molecular flexibility index (Phi) is 3.51. The van der Waals surface area contributed by atoms with Gasteiger partial charge >= 0.3 is 0 Å². The second kappa shape index (κ2) is 5.33. The van der Waals surface area contributed by atoms with Crippen LogP contribution in [0.4, 0.5) is 0 Å². The summed E-state index contributed by atoms with van der Waals surface area (Å²) in [6.07, 6.45) is 0. The molecule has 0 aliphatic carbocycles. The van der Waals surface area contributed by atoms with Crippen LogP contribution in [0.15, 0.2) is 24.3 Å². The molecule has 2 N–H and O–H groups in total. The van der Waals surface area contributed by atoms with Crippen molar-refractivity contribution in [3.05, 3.63) is 51.1 Å². The number of nitrogens with zero attached hydrogens (tertiary/aromatic N) is 1. The van der Waals surface area contributed by atoms with E-state index < -0.39 is 0 Å². The van der Waals surface area contributed by atoms with Gasteiger partial charge in [0.2, 0.25) is 0 Å². The summed E-state index contributed by atoms with van der Waals surface area (Å²) in [4.78, 5) is 20.5. The molecule has 0 radical (unpaired) electrons. The van der Waals surface area contributed by atoms with E-state index in [4.69, 9.17) is 0 Å². The summed E-state index contributed by atoms with van der Waals surface area (Å²) in [6.45, 7) is 6.34. The van der Waals surface area contributed by atoms with Gasteiger partial charge in [-0.1, -0.05) is 6.07 Å². The highest BCUT2D eigenvalue weighted by atomic mass is 32.1. The molecule has 0 unspecified atom stereocenters. The number of fused-ring (bicyclic) bond motifs is 1. The Hall–Kier alpha value is -2.14. The van der Waals surface area contributed by atoms with Gasteiger partial charge in [-0.05, 0) is 49.9 Å². The summed E-state index contributed by atoms with van der Waals surface area (Å²) in [5, 5.41) is 5.05. The number of H-pyrrole nitrogens is 1. The molecule has 3 aromatic rings. The Labute approximate surface area is 127 Å². The van der Waals surface area contributed by atoms with Gasteiger partial charge in [-0.25, -0.2) is 4.98 Å². The minimum absolute atomic E-state index is 0.0524. The number of rotatable bonds is 3. The van der Waals surface area contributed by atoms with Crippen molar-refractivity contribution in [1.29, 1.82) is 0 Å². The molecule has 0 aliphatic rings. The number of amides is 1. The molecule has 2 aromatic heterocycles. The zero-order valence-corrected chi connectivity index (χ0v) is 13.1. The maximum Gasteiger partial charge on any atom is 0.263 e. The second-order valence-corrected chi connectivity index (χ2v) is 6.41. The molecule has 3 rings (SSSR count). The van der Waals surface area contributed by atoms with Gasteiger partial charge < -0.3 is 10.3 Å². The number of carbonyl (C=O) groups is 1. The highest BCUT2D eigenvalue weighted by molar-refractivity contribution is 7.13. The lowest BCUT2D eigenvalue weighted by atomic mass is 10.1. The molecule has 108 valence electrons. The molecule has 0 saturated heterocycles. The minimum atomic E-state index is -0.0524. The molecule has 0 saturated carbocycles. The van der Waals surface area contributed by atoms with Crippen molar-refractivity contribution < 1.29 is 4.79 Å². The highest BCUT2D eigenvalue weighted by Gasteiger charge is 2.13. The zero-order chi connectivity index (χ0) is 15.0. The van der Waals surface area contributed by atoms with Crippen LogP contribution >= 0.6 is 11.3 Å². The van der Waals surface area contributed by atoms with Gasteiger partial charge in [-0.3, -0.25) is 4.79 Å². The van der Waals surface area contributed by atoms with Crippen LogP contribution in [-0.4, -0.2) is 15.9 Å². The van der Waals surface area contributed by atoms with Crippen LogP contribution in [-0.2, 0) is 6.54 Å². The lowest BCUT2D eigenvalue weighted by molar-refractivity contribution is 0.0954. The molecule has 1 aromatic carbocycles. The summed E-state index contributed by atoms with van der Waals surface area (Å²) in [5.74, 6) is -0.0524. The number of benzene rings is 1. The third-order valence-electron chi connectivity index (χ3n) is 3.38. The molecular formula is C16H17N3OS. The van der Waals surface area contributed by atoms with Gasteiger partial charge in [-0.15, -0.1) is 11.3 Å². The first-order chi connectivity index (χ1) is 10.0. The summed E-state index contributed by atoms with van der Waals surface area (Å²) >= 11 is 1.44. The second-order valence-electron chi connectivity index (χ2n) is 5.20. The quantitative estimate of drug-likeness (QED) is 0.778. The van der Waals surface area contributed by atoms with Gasteiger partial charge in [0, 0.05) is 17.8 Å². The number of hydrogen-bond acceptors (Lipinski definition) is 3. The molecule has 1 amide bonds. The number of carbonyl (C=O) groups excluding carboxylic acids is 1. The Morgan fingerprint density at radius 1 is 1.29 bits per heavy atom. The number of hydrogen-bond donors (Lipinski definition) is 2. The molecule has 5 heteroatoms. The fraction of sp³-hybridized carbons (Fsp3) is 0.250. The topological polar surface area (TPSA) is 57.8 Å². The van der Waals surface area contributed by atoms with E-state index in [2.05, 4.69) is 27.4 Å². The molecule has 0 aliphatic heterocycles. The van der Waals surface area contributed by atoms with Crippen molar-refractivity contribution in [1.82, 2.24) is 15.3 Å². The lowest BCUT2D eigenvalue weighted by Crippen LogP contribution is -2.22. The number of aromatic amines is 1. The van der Waals surface area contributed by atoms with E-state index in [0.717, 1.165) is 27.5 Å². The van der Waals surface area contributed by atoms with Crippen molar-refractivity contribution in [2.45, 2.75) is 27.3 Å². The van der Waals surface area contributed by atoms with Crippen LogP contribution in [0.2, 0.25) is 0 Å². The Balaban J connectivity index is 1.73. The van der Waals surface area contributed by atoms with E-state index in [1.165, 1.54) is 16.7 Å². The predicted octanol–water partition coefficient (Wildman–Crippen LogP) is 3.48. The molecule has 4 nitrogen and oxygen atoms in total. The van der Waals surface area contributed by atoms with Crippen LogP contribution < -0.4 is 5.32 Å². The van der Waals surface area contributed by atoms with E-state index in [0.29, 0.717) is 11.4 Å². The largest absolute Gasteiger partial charge is 0.359 e. The van der Waals surface area contributed by atoms with Crippen molar-refractivity contribution in [3.8, 4) is 0 Å². The first-order valence-electron chi connectivity index (χ1n) is 6.83. The van der Waals surface area contributed by atoms with Crippen molar-refractivity contribution >= 4 is 28.1 Å². The number of nitrogens with one attached hydrogen (secondary N) is 2. The first kappa shape index (κ1) is 13.8. The van der Waals surface area contributed by atoms with Crippen LogP contribution in [0, 0.1) is 20.8 Å². The van der Waals surface area contributed by atoms with Gasteiger partial charge in [0.1, 0.15) is 4.88 Å². The fourth-order valence-corrected chi connectivity index (χ4v) is 3.28. The standard InChI is InChI=1S/C16H17N3OS/c1-9-6-13-7-12(4-5-14(13)18-9)8-17-16(20)15-10(2)19-11(3)21-15/h4-7,18H,8H2,1-3H3,(H,17,20). The molecule has 0 atom stereocenters. The molecule has 2 heterocycles. The summed E-state index contributed by atoms with van der Waals surface area (Å²) < 4.78 is 0. The fourth-order valence-electron chi connectivity index (χ4n) is 2.44. The molecule has 0 bridgehead atoms. The Morgan fingerprint density at radius 2 is 2.10 bits per heavy atom. The van der Waals surface area contributed by atoms with E-state index in [1.54, 1.807) is 0 Å². The maximum absolute atomic E-state index is 12.2. The smallest absolute Gasteiger partial charge is 0.263 e. The normalized spacial score (nSPS) is 11.0. The summed E-state index contributed by atoms with van der Waals surface area (Å²) in [5.41, 5.74) is 4.15. The van der Waals surface area contributed by atoms with E-state index in [9.17, 15) is 4.79 Å². The van der Waals surface area contributed by atoms with Crippen LogP contribution in [0.3, 0.4) is 0 Å². The predicted molar refractivity (Wildman–Crippen MR) is 85.8 cm³/mol. The van der Waals surface area contributed by atoms with E-state index in [-0.39, 0.29) is 5.91 Å². The molecule has 0 fully saturated rings. The van der Waals surface area contributed by atoms with Crippen LogP contribution in [0.25, 0.3) is 10.9 Å². The number of aryl methyl sites for hydroxylation is 3. The van der Waals surface area contributed by atoms with Crippen LogP contribution in [0.1, 0.15) is 31.6 Å². The SMILES string of the molecule is Cc1cc2cc(CNC(=O)c3sc(C)nc3C)ccc2[nH]1. The van der Waals surface area contributed by atoms with Crippen molar-refractivity contribution in [2.75, 3.05) is 0 Å². The lowest BCUT2D eigenvalue weighted by Gasteiger charge is -2.04. The number of thiazole rings is 1. The first-order valence-corrected chi connectivity index (χ1v) is 7.65. The van der Waals surface area contributed by atoms with E-state index in [1.807, 2.05) is 32.9 Å².